The van der Waals surface area contributed by atoms with Gasteiger partial charge < -0.3 is 0 Å². The van der Waals surface area contributed by atoms with Gasteiger partial charge in [-0.2, -0.15) is 0 Å². The SMILES string of the molecule is C[C@@]1(F)CCCN(Cc2nccs2)C1. The first-order valence-electron chi connectivity index (χ1n) is 4.95. The summed E-state index contributed by atoms with van der Waals surface area (Å²) in [5.41, 5.74) is -1.00. The van der Waals surface area contributed by atoms with Crippen LogP contribution in [0.4, 0.5) is 4.39 Å². The minimum atomic E-state index is -1.00. The Hall–Kier alpha value is -0.480. The minimum Gasteiger partial charge on any atom is -0.294 e. The van der Waals surface area contributed by atoms with E-state index in [9.17, 15) is 4.39 Å². The minimum absolute atomic E-state index is 0.548. The Morgan fingerprint density at radius 3 is 3.21 bits per heavy atom. The van der Waals surface area contributed by atoms with Crippen LogP contribution in [0, 0.1) is 0 Å². The summed E-state index contributed by atoms with van der Waals surface area (Å²) in [5.74, 6) is 0. The number of piperidine rings is 1. The zero-order valence-electron chi connectivity index (χ0n) is 8.37. The van der Waals surface area contributed by atoms with E-state index in [1.54, 1.807) is 24.5 Å². The van der Waals surface area contributed by atoms with Crippen molar-refractivity contribution >= 4 is 11.3 Å². The van der Waals surface area contributed by atoms with Crippen LogP contribution in [0.25, 0.3) is 0 Å². The Bertz CT molecular complexity index is 284. The van der Waals surface area contributed by atoms with Crippen molar-refractivity contribution in [3.63, 3.8) is 0 Å². The molecule has 0 spiro atoms. The van der Waals surface area contributed by atoms with Crippen LogP contribution in [0.1, 0.15) is 24.8 Å². The van der Waals surface area contributed by atoms with Crippen LogP contribution < -0.4 is 0 Å². The lowest BCUT2D eigenvalue weighted by Crippen LogP contribution is -2.42. The van der Waals surface area contributed by atoms with E-state index in [-0.39, 0.29) is 0 Å². The van der Waals surface area contributed by atoms with Gasteiger partial charge in [-0.05, 0) is 26.3 Å². The van der Waals surface area contributed by atoms with Crippen LogP contribution in [0.5, 0.6) is 0 Å². The normalized spacial score (nSPS) is 29.3. The van der Waals surface area contributed by atoms with Crippen LogP contribution in [0.15, 0.2) is 11.6 Å². The molecule has 0 radical (unpaired) electrons. The van der Waals surface area contributed by atoms with Gasteiger partial charge in [0.05, 0.1) is 6.54 Å². The third-order valence-corrected chi connectivity index (χ3v) is 3.33. The number of nitrogens with zero attached hydrogens (tertiary/aromatic N) is 2. The Balaban J connectivity index is 1.92. The summed E-state index contributed by atoms with van der Waals surface area (Å²) in [6.45, 7) is 4.05. The molecule has 1 aromatic rings. The fourth-order valence-electron chi connectivity index (χ4n) is 1.95. The Labute approximate surface area is 87.8 Å². The molecule has 0 saturated carbocycles. The molecular weight excluding hydrogens is 199 g/mol. The topological polar surface area (TPSA) is 16.1 Å². The maximum atomic E-state index is 13.7. The second-order valence-electron chi connectivity index (χ2n) is 4.15. The molecule has 0 amide bonds. The van der Waals surface area contributed by atoms with Crippen molar-refractivity contribution < 1.29 is 4.39 Å². The van der Waals surface area contributed by atoms with Crippen molar-refractivity contribution in [3.8, 4) is 0 Å². The monoisotopic (exact) mass is 214 g/mol. The first-order valence-corrected chi connectivity index (χ1v) is 5.83. The Morgan fingerprint density at radius 2 is 2.57 bits per heavy atom. The molecule has 0 unspecified atom stereocenters. The van der Waals surface area contributed by atoms with Gasteiger partial charge in [-0.15, -0.1) is 11.3 Å². The summed E-state index contributed by atoms with van der Waals surface area (Å²) < 4.78 is 13.7. The predicted octanol–water partition coefficient (Wildman–Crippen LogP) is 2.47. The molecule has 14 heavy (non-hydrogen) atoms. The van der Waals surface area contributed by atoms with Crippen molar-refractivity contribution in [2.75, 3.05) is 13.1 Å². The zero-order chi connectivity index (χ0) is 10.0. The molecule has 2 nitrogen and oxygen atoms in total. The largest absolute Gasteiger partial charge is 0.294 e. The summed E-state index contributed by atoms with van der Waals surface area (Å²) in [4.78, 5) is 6.37. The van der Waals surface area contributed by atoms with Crippen molar-refractivity contribution in [3.05, 3.63) is 16.6 Å². The van der Waals surface area contributed by atoms with Crippen molar-refractivity contribution in [1.29, 1.82) is 0 Å². The maximum Gasteiger partial charge on any atom is 0.120 e. The van der Waals surface area contributed by atoms with Gasteiger partial charge in [0.2, 0.25) is 0 Å². The number of hydrogen-bond acceptors (Lipinski definition) is 3. The van der Waals surface area contributed by atoms with Crippen molar-refractivity contribution in [2.45, 2.75) is 32.0 Å². The van der Waals surface area contributed by atoms with E-state index in [1.807, 2.05) is 5.38 Å². The molecule has 1 aliphatic rings. The summed E-state index contributed by atoms with van der Waals surface area (Å²) >= 11 is 1.64. The van der Waals surface area contributed by atoms with Crippen molar-refractivity contribution in [1.82, 2.24) is 9.88 Å². The van der Waals surface area contributed by atoms with E-state index in [1.165, 1.54) is 0 Å². The van der Waals surface area contributed by atoms with Gasteiger partial charge in [0.15, 0.2) is 0 Å². The fraction of sp³-hybridized carbons (Fsp3) is 0.700. The first kappa shape index (κ1) is 10.1. The molecule has 2 heterocycles. The predicted molar refractivity (Wildman–Crippen MR) is 56.1 cm³/mol. The molecule has 0 aromatic carbocycles. The molecule has 1 aromatic heterocycles. The van der Waals surface area contributed by atoms with Crippen LogP contribution in [-0.4, -0.2) is 28.6 Å². The second-order valence-corrected chi connectivity index (χ2v) is 5.13. The van der Waals surface area contributed by atoms with E-state index in [0.717, 1.165) is 24.5 Å². The lowest BCUT2D eigenvalue weighted by atomic mass is 9.97. The first-order chi connectivity index (χ1) is 6.66. The highest BCUT2D eigenvalue weighted by molar-refractivity contribution is 7.09. The van der Waals surface area contributed by atoms with Gasteiger partial charge in [-0.1, -0.05) is 0 Å². The van der Waals surface area contributed by atoms with E-state index >= 15 is 0 Å². The summed E-state index contributed by atoms with van der Waals surface area (Å²) in [6.07, 6.45) is 3.46. The van der Waals surface area contributed by atoms with E-state index < -0.39 is 5.67 Å². The molecular formula is C10H15FN2S. The van der Waals surface area contributed by atoms with Gasteiger partial charge in [0.25, 0.3) is 0 Å². The van der Waals surface area contributed by atoms with Gasteiger partial charge in [0, 0.05) is 18.1 Å². The van der Waals surface area contributed by atoms with Gasteiger partial charge in [-0.3, -0.25) is 4.90 Å². The molecule has 4 heteroatoms. The standard InChI is InChI=1S/C10H15FN2S/c1-10(11)3-2-5-13(8-10)7-9-12-4-6-14-9/h4,6H,2-3,5,7-8H2,1H3/t10-/m1/s1. The summed E-state index contributed by atoms with van der Waals surface area (Å²) in [5, 5.41) is 3.05. The van der Waals surface area contributed by atoms with Gasteiger partial charge in [-0.25, -0.2) is 9.37 Å². The van der Waals surface area contributed by atoms with Crippen LogP contribution >= 0.6 is 11.3 Å². The number of hydrogen-bond donors (Lipinski definition) is 0. The summed E-state index contributed by atoms with van der Waals surface area (Å²) in [7, 11) is 0. The molecule has 78 valence electrons. The van der Waals surface area contributed by atoms with Crippen LogP contribution in [0.3, 0.4) is 0 Å². The maximum absolute atomic E-state index is 13.7. The highest BCUT2D eigenvalue weighted by Crippen LogP contribution is 2.25. The number of likely N-dealkylation sites (tertiary alicyclic amines) is 1. The third-order valence-electron chi connectivity index (χ3n) is 2.57. The van der Waals surface area contributed by atoms with Crippen molar-refractivity contribution in [2.24, 2.45) is 0 Å². The van der Waals surface area contributed by atoms with Crippen LogP contribution in [0.2, 0.25) is 0 Å². The molecule has 1 aliphatic heterocycles. The molecule has 2 rings (SSSR count). The highest BCUT2D eigenvalue weighted by atomic mass is 32.1. The second kappa shape index (κ2) is 3.95. The molecule has 0 bridgehead atoms. The average Bonchev–Trinajstić information content (AvgIpc) is 2.54. The number of rotatable bonds is 2. The number of thiazole rings is 1. The Kier molecular flexibility index (Phi) is 2.83. The lowest BCUT2D eigenvalue weighted by molar-refractivity contribution is 0.0563. The number of alkyl halides is 1. The van der Waals surface area contributed by atoms with Gasteiger partial charge >= 0.3 is 0 Å². The highest BCUT2D eigenvalue weighted by Gasteiger charge is 2.30. The number of aromatic nitrogens is 1. The molecule has 1 saturated heterocycles. The van der Waals surface area contributed by atoms with E-state index in [4.69, 9.17) is 0 Å². The Morgan fingerprint density at radius 1 is 1.71 bits per heavy atom. The van der Waals surface area contributed by atoms with E-state index in [2.05, 4.69) is 9.88 Å². The zero-order valence-corrected chi connectivity index (χ0v) is 9.19. The quantitative estimate of drug-likeness (QED) is 0.752. The molecule has 1 fully saturated rings. The molecule has 0 aliphatic carbocycles. The third kappa shape index (κ3) is 2.51. The summed E-state index contributed by atoms with van der Waals surface area (Å²) in [6, 6.07) is 0. The van der Waals surface area contributed by atoms with Gasteiger partial charge in [0.1, 0.15) is 10.7 Å². The molecule has 1 atom stereocenters. The average molecular weight is 214 g/mol. The lowest BCUT2D eigenvalue weighted by Gasteiger charge is -2.34. The van der Waals surface area contributed by atoms with Crippen LogP contribution in [-0.2, 0) is 6.54 Å². The smallest absolute Gasteiger partial charge is 0.120 e. The fourth-order valence-corrected chi connectivity index (χ4v) is 2.61. The van der Waals surface area contributed by atoms with E-state index in [0.29, 0.717) is 13.0 Å². The number of halogens is 1. The molecule has 0 N–H and O–H groups in total.